The zero-order chi connectivity index (χ0) is 19.5. The molecule has 0 aliphatic heterocycles. The molecule has 2 aromatic heterocycles. The van der Waals surface area contributed by atoms with E-state index in [2.05, 4.69) is 5.32 Å². The second-order valence-corrected chi connectivity index (χ2v) is 6.67. The average Bonchev–Trinajstić information content (AvgIpc) is 3.12. The normalized spacial score (nSPS) is 11.9. The van der Waals surface area contributed by atoms with Crippen molar-refractivity contribution in [1.82, 2.24) is 9.38 Å². The van der Waals surface area contributed by atoms with Gasteiger partial charge in [0.2, 0.25) is 5.91 Å². The van der Waals surface area contributed by atoms with Crippen molar-refractivity contribution in [3.8, 4) is 17.0 Å². The van der Waals surface area contributed by atoms with E-state index in [0.717, 1.165) is 16.8 Å². The number of fused-ring (bicyclic) bond motifs is 1. The minimum absolute atomic E-state index is 0.317. The molecule has 2 aromatic carbocycles. The molecule has 0 bridgehead atoms. The van der Waals surface area contributed by atoms with Crippen LogP contribution >= 0.6 is 11.6 Å². The van der Waals surface area contributed by atoms with E-state index in [-0.39, 0.29) is 5.91 Å². The summed E-state index contributed by atoms with van der Waals surface area (Å²) in [6.07, 6.45) is 1.85. The third-order valence-corrected chi connectivity index (χ3v) is 4.89. The number of hydrogen-bond donors (Lipinski definition) is 1. The van der Waals surface area contributed by atoms with Crippen molar-refractivity contribution >= 4 is 29.0 Å². The molecule has 0 spiro atoms. The number of alkyl halides is 1. The highest BCUT2D eigenvalue weighted by atomic mass is 35.5. The van der Waals surface area contributed by atoms with Gasteiger partial charge in [0.15, 0.2) is 0 Å². The van der Waals surface area contributed by atoms with Crippen LogP contribution in [0.25, 0.3) is 16.9 Å². The fourth-order valence-electron chi connectivity index (χ4n) is 3.04. The first-order valence-corrected chi connectivity index (χ1v) is 9.22. The van der Waals surface area contributed by atoms with Crippen molar-refractivity contribution in [2.45, 2.75) is 5.38 Å². The molecule has 28 heavy (non-hydrogen) atoms. The Hall–Kier alpha value is -3.31. The zero-order valence-corrected chi connectivity index (χ0v) is 15.9. The van der Waals surface area contributed by atoms with Crippen LogP contribution in [-0.4, -0.2) is 22.4 Å². The summed E-state index contributed by atoms with van der Waals surface area (Å²) in [5.41, 5.74) is 2.94. The van der Waals surface area contributed by atoms with Crippen molar-refractivity contribution in [3.05, 3.63) is 84.6 Å². The largest absolute Gasteiger partial charge is 0.497 e. The number of ether oxygens (including phenoxy) is 1. The summed E-state index contributed by atoms with van der Waals surface area (Å²) in [6, 6.07) is 22.5. The third kappa shape index (κ3) is 3.44. The first-order valence-electron chi connectivity index (χ1n) is 8.79. The Balaban J connectivity index is 1.76. The second kappa shape index (κ2) is 7.74. The Morgan fingerprint density at radius 1 is 1.07 bits per heavy atom. The van der Waals surface area contributed by atoms with Crippen LogP contribution in [0.2, 0.25) is 0 Å². The summed E-state index contributed by atoms with van der Waals surface area (Å²) in [5, 5.41) is 2.15. The van der Waals surface area contributed by atoms with Gasteiger partial charge in [-0.25, -0.2) is 4.98 Å². The molecule has 4 rings (SSSR count). The van der Waals surface area contributed by atoms with Gasteiger partial charge in [0.25, 0.3) is 0 Å². The summed E-state index contributed by atoms with van der Waals surface area (Å²) in [5.74, 6) is 0.962. The fraction of sp³-hybridized carbons (Fsp3) is 0.0909. The highest BCUT2D eigenvalue weighted by Crippen LogP contribution is 2.32. The van der Waals surface area contributed by atoms with Crippen LogP contribution in [0.1, 0.15) is 10.9 Å². The highest BCUT2D eigenvalue weighted by molar-refractivity contribution is 6.32. The lowest BCUT2D eigenvalue weighted by atomic mass is 10.1. The van der Waals surface area contributed by atoms with Crippen molar-refractivity contribution < 1.29 is 9.53 Å². The summed E-state index contributed by atoms with van der Waals surface area (Å²) in [4.78, 5) is 17.5. The number of imidazole rings is 1. The third-order valence-electron chi connectivity index (χ3n) is 4.44. The van der Waals surface area contributed by atoms with E-state index in [1.54, 1.807) is 7.11 Å². The molecule has 1 atom stereocenters. The summed E-state index contributed by atoms with van der Waals surface area (Å²) < 4.78 is 7.16. The summed E-state index contributed by atoms with van der Waals surface area (Å²) >= 11 is 6.41. The molecular formula is C22H18ClN3O2. The molecule has 0 fully saturated rings. The molecule has 0 radical (unpaired) electrons. The van der Waals surface area contributed by atoms with E-state index in [1.807, 2.05) is 83.4 Å². The number of anilines is 1. The van der Waals surface area contributed by atoms with Crippen LogP contribution in [-0.2, 0) is 4.79 Å². The first kappa shape index (κ1) is 18.1. The lowest BCUT2D eigenvalue weighted by Crippen LogP contribution is -2.18. The predicted molar refractivity (Wildman–Crippen MR) is 111 cm³/mol. The number of carbonyl (C=O) groups excluding carboxylic acids is 1. The van der Waals surface area contributed by atoms with Gasteiger partial charge in [-0.05, 0) is 29.8 Å². The Morgan fingerprint density at radius 3 is 2.64 bits per heavy atom. The molecule has 5 nitrogen and oxygen atoms in total. The van der Waals surface area contributed by atoms with Crippen LogP contribution in [0.15, 0.2) is 79.0 Å². The number of hydrogen-bond acceptors (Lipinski definition) is 3. The maximum atomic E-state index is 12.9. The molecule has 1 amide bonds. The van der Waals surface area contributed by atoms with Crippen LogP contribution in [0, 0.1) is 0 Å². The number of nitrogens with zero attached hydrogens (tertiary/aromatic N) is 2. The van der Waals surface area contributed by atoms with Crippen molar-refractivity contribution in [1.29, 1.82) is 0 Å². The van der Waals surface area contributed by atoms with Gasteiger partial charge in [-0.1, -0.05) is 48.5 Å². The van der Waals surface area contributed by atoms with E-state index < -0.39 is 5.38 Å². The highest BCUT2D eigenvalue weighted by Gasteiger charge is 2.22. The molecule has 0 unspecified atom stereocenters. The van der Waals surface area contributed by atoms with E-state index in [9.17, 15) is 4.79 Å². The van der Waals surface area contributed by atoms with Gasteiger partial charge >= 0.3 is 0 Å². The maximum absolute atomic E-state index is 12.9. The maximum Gasteiger partial charge on any atom is 0.248 e. The molecule has 0 aliphatic carbocycles. The summed E-state index contributed by atoms with van der Waals surface area (Å²) in [6.45, 7) is 0. The van der Waals surface area contributed by atoms with Gasteiger partial charge in [0, 0.05) is 11.8 Å². The zero-order valence-electron chi connectivity index (χ0n) is 15.2. The van der Waals surface area contributed by atoms with Crippen LogP contribution in [0.3, 0.4) is 0 Å². The molecule has 0 saturated heterocycles. The quantitative estimate of drug-likeness (QED) is 0.491. The summed E-state index contributed by atoms with van der Waals surface area (Å²) in [7, 11) is 1.61. The van der Waals surface area contributed by atoms with Gasteiger partial charge in [0.1, 0.15) is 28.3 Å². The van der Waals surface area contributed by atoms with Crippen LogP contribution in [0.4, 0.5) is 5.82 Å². The topological polar surface area (TPSA) is 55.6 Å². The number of amides is 1. The molecule has 0 aliphatic rings. The second-order valence-electron chi connectivity index (χ2n) is 6.23. The molecule has 2 heterocycles. The van der Waals surface area contributed by atoms with Crippen LogP contribution < -0.4 is 10.1 Å². The molecule has 1 N–H and O–H groups in total. The number of rotatable bonds is 5. The molecule has 0 saturated carbocycles. The van der Waals surface area contributed by atoms with E-state index in [4.69, 9.17) is 21.3 Å². The smallest absolute Gasteiger partial charge is 0.248 e. The van der Waals surface area contributed by atoms with Crippen LogP contribution in [0.5, 0.6) is 5.75 Å². The lowest BCUT2D eigenvalue weighted by molar-refractivity contribution is -0.116. The number of benzene rings is 2. The van der Waals surface area contributed by atoms with Crippen molar-refractivity contribution in [2.75, 3.05) is 12.4 Å². The van der Waals surface area contributed by atoms with Gasteiger partial charge in [-0.2, -0.15) is 0 Å². The minimum atomic E-state index is -0.811. The van der Waals surface area contributed by atoms with Gasteiger partial charge in [0.05, 0.1) is 7.11 Å². The Morgan fingerprint density at radius 2 is 1.86 bits per heavy atom. The number of aromatic nitrogens is 2. The number of halogens is 1. The minimum Gasteiger partial charge on any atom is -0.497 e. The average molecular weight is 392 g/mol. The molecule has 6 heteroatoms. The van der Waals surface area contributed by atoms with Crippen molar-refractivity contribution in [3.63, 3.8) is 0 Å². The van der Waals surface area contributed by atoms with Gasteiger partial charge in [-0.3, -0.25) is 9.20 Å². The lowest BCUT2D eigenvalue weighted by Gasteiger charge is -2.12. The monoisotopic (exact) mass is 391 g/mol. The SMILES string of the molecule is COc1cccc(-c2nc3ccccn3c2NC(=O)[C@@H](Cl)c2ccccc2)c1. The van der Waals surface area contributed by atoms with E-state index in [0.29, 0.717) is 17.3 Å². The Bertz CT molecular complexity index is 1130. The van der Waals surface area contributed by atoms with E-state index >= 15 is 0 Å². The Labute approximate surface area is 167 Å². The van der Waals surface area contributed by atoms with Crippen molar-refractivity contribution in [2.24, 2.45) is 0 Å². The van der Waals surface area contributed by atoms with E-state index in [1.165, 1.54) is 0 Å². The first-order chi connectivity index (χ1) is 13.7. The van der Waals surface area contributed by atoms with Gasteiger partial charge < -0.3 is 10.1 Å². The molecule has 140 valence electrons. The Kier molecular flexibility index (Phi) is 5.00. The number of methoxy groups -OCH3 is 1. The molecule has 4 aromatic rings. The number of pyridine rings is 1. The fourth-order valence-corrected chi connectivity index (χ4v) is 3.24. The predicted octanol–water partition coefficient (Wildman–Crippen LogP) is 4.93. The number of carbonyl (C=O) groups is 1. The van der Waals surface area contributed by atoms with Gasteiger partial charge in [-0.15, -0.1) is 11.6 Å². The standard InChI is InChI=1S/C22H18ClN3O2/c1-28-17-11-7-10-16(14-17)20-21(26-13-6-5-12-18(26)24-20)25-22(27)19(23)15-8-3-2-4-9-15/h2-14,19H,1H3,(H,25,27)/t19-/m0/s1. The molecular weight excluding hydrogens is 374 g/mol. The number of nitrogens with one attached hydrogen (secondary N) is 1.